The molecule has 0 saturated carbocycles. The van der Waals surface area contributed by atoms with Crippen LogP contribution in [0.2, 0.25) is 0 Å². The number of carboxylic acids is 1. The predicted octanol–water partition coefficient (Wildman–Crippen LogP) is 2.14. The first kappa shape index (κ1) is 31.3. The largest absolute Gasteiger partial charge is 0.791 e. The van der Waals surface area contributed by atoms with Crippen molar-refractivity contribution in [1.29, 1.82) is 0 Å². The molecule has 0 aliphatic heterocycles. The van der Waals surface area contributed by atoms with Crippen molar-refractivity contribution < 1.29 is 30.0 Å². The van der Waals surface area contributed by atoms with Crippen LogP contribution in [0.1, 0.15) is 57.8 Å². The number of hydrogen-bond donors (Lipinski definition) is 0. The smallest absolute Gasteiger partial charge is 0.263 e. The van der Waals surface area contributed by atoms with Gasteiger partial charge in [0.1, 0.15) is 0 Å². The van der Waals surface area contributed by atoms with Gasteiger partial charge in [0.15, 0.2) is 0 Å². The SMILES string of the molecule is C#[N+]CCCCCCCCCCC(=O)[O-].[99Tc].[S-]CCN(CC[S-])CC[S-]. The van der Waals surface area contributed by atoms with Crippen LogP contribution in [0.5, 0.6) is 0 Å². The summed E-state index contributed by atoms with van der Waals surface area (Å²) in [5.74, 6) is 1.42. The average Bonchev–Trinajstić information content (AvgIpc) is 2.58. The minimum absolute atomic E-state index is 0. The van der Waals surface area contributed by atoms with Crippen LogP contribution in [0, 0.1) is 6.57 Å². The molecule has 0 N–H and O–H groups in total. The molecule has 0 heterocycles. The van der Waals surface area contributed by atoms with Crippen LogP contribution < -0.4 is 5.11 Å². The fraction of sp³-hybridized carbons (Fsp3) is 0.889. The average molecular weight is 505 g/mol. The fourth-order valence-electron chi connectivity index (χ4n) is 2.26. The third-order valence-electron chi connectivity index (χ3n) is 3.64. The van der Waals surface area contributed by atoms with E-state index < -0.39 is 5.97 Å². The van der Waals surface area contributed by atoms with Gasteiger partial charge in [-0.2, -0.15) is 17.3 Å². The van der Waals surface area contributed by atoms with Crippen molar-refractivity contribution in [2.45, 2.75) is 57.8 Å². The first-order valence-corrected chi connectivity index (χ1v) is 10.9. The molecule has 0 spiro atoms. The van der Waals surface area contributed by atoms with E-state index in [4.69, 9.17) is 44.5 Å². The van der Waals surface area contributed by atoms with E-state index in [9.17, 15) is 9.90 Å². The summed E-state index contributed by atoms with van der Waals surface area (Å²) in [7, 11) is 0. The molecular weight excluding hydrogens is 471 g/mol. The zero-order valence-electron chi connectivity index (χ0n) is 15.7. The van der Waals surface area contributed by atoms with E-state index in [1.807, 2.05) is 0 Å². The Hall–Kier alpha value is 0.619. The Morgan fingerprint density at radius 2 is 1.19 bits per heavy atom. The van der Waals surface area contributed by atoms with Gasteiger partial charge in [-0.05, 0) is 38.9 Å². The summed E-state index contributed by atoms with van der Waals surface area (Å²) in [5.41, 5.74) is 0. The van der Waals surface area contributed by atoms with E-state index in [2.05, 4.69) is 9.74 Å². The molecule has 0 rings (SSSR count). The third-order valence-corrected chi connectivity index (χ3v) is 4.19. The molecule has 155 valence electrons. The zero-order chi connectivity index (χ0) is 19.2. The van der Waals surface area contributed by atoms with Crippen molar-refractivity contribution in [2.24, 2.45) is 0 Å². The molecule has 26 heavy (non-hydrogen) atoms. The molecule has 0 atom stereocenters. The predicted molar refractivity (Wildman–Crippen MR) is 113 cm³/mol. The van der Waals surface area contributed by atoms with Gasteiger partial charge in [-0.3, -0.25) is 0 Å². The number of unbranched alkanes of at least 4 members (excludes halogenated alkanes) is 7. The molecule has 0 aliphatic carbocycles. The minimum Gasteiger partial charge on any atom is -0.791 e. The van der Waals surface area contributed by atoms with Gasteiger partial charge in [0.2, 0.25) is 0 Å². The van der Waals surface area contributed by atoms with Gasteiger partial charge in [-0.1, -0.05) is 36.9 Å². The van der Waals surface area contributed by atoms with E-state index in [1.165, 1.54) is 25.7 Å². The van der Waals surface area contributed by atoms with E-state index in [0.717, 1.165) is 69.1 Å². The van der Waals surface area contributed by atoms with Crippen LogP contribution in [0.4, 0.5) is 0 Å². The van der Waals surface area contributed by atoms with Gasteiger partial charge in [-0.15, -0.1) is 0 Å². The standard InChI is InChI=1S/C12H21NO2.C6H15NS3.Tc/c1-13-11-9-7-5-3-2-4-6-8-10-12(14)15;8-4-1-7(2-5-9)3-6-10;/h1H,2-11H2;8-10H,1-6H2;/p-3/i;;1+1. The maximum atomic E-state index is 10.1. The number of rotatable bonds is 16. The summed E-state index contributed by atoms with van der Waals surface area (Å²) in [6.07, 6.45) is 9.05. The van der Waals surface area contributed by atoms with Crippen molar-refractivity contribution in [3.63, 3.8) is 0 Å². The molecule has 0 aromatic heterocycles. The van der Waals surface area contributed by atoms with E-state index in [0.29, 0.717) is 0 Å². The van der Waals surface area contributed by atoms with E-state index >= 15 is 0 Å². The second kappa shape index (κ2) is 27.8. The Bertz CT molecular complexity index is 318. The maximum Gasteiger partial charge on any atom is 0.263 e. The molecule has 0 aromatic carbocycles. The molecule has 1 radical (unpaired) electrons. The molecule has 4 nitrogen and oxygen atoms in total. The Kier molecular flexibility index (Phi) is 33.5. The number of nitrogens with zero attached hydrogens (tertiary/aromatic N) is 2. The second-order valence-corrected chi connectivity index (χ2v) is 7.04. The van der Waals surface area contributed by atoms with Crippen LogP contribution in [0.3, 0.4) is 0 Å². The topological polar surface area (TPSA) is 47.7 Å². The van der Waals surface area contributed by atoms with Gasteiger partial charge < -0.3 is 52.7 Å². The molecular formula is C18H33N2O2S3Tc-3. The van der Waals surface area contributed by atoms with Gasteiger partial charge in [0.25, 0.3) is 13.1 Å². The van der Waals surface area contributed by atoms with E-state index in [-0.39, 0.29) is 26.5 Å². The van der Waals surface area contributed by atoms with Crippen molar-refractivity contribution in [3.8, 4) is 6.57 Å². The Morgan fingerprint density at radius 1 is 0.808 bits per heavy atom. The second-order valence-electron chi connectivity index (χ2n) is 5.81. The first-order valence-electron chi connectivity index (χ1n) is 9.15. The fourth-order valence-corrected chi connectivity index (χ4v) is 3.03. The molecule has 0 saturated heterocycles. The molecule has 0 unspecified atom stereocenters. The van der Waals surface area contributed by atoms with Gasteiger partial charge in [-0.25, -0.2) is 0 Å². The molecule has 0 aromatic rings. The molecule has 0 amide bonds. The van der Waals surface area contributed by atoms with Gasteiger partial charge in [0.05, 0.1) is 0 Å². The quantitative estimate of drug-likeness (QED) is 0.237. The van der Waals surface area contributed by atoms with Crippen molar-refractivity contribution in [1.82, 2.24) is 4.90 Å². The van der Waals surface area contributed by atoms with Crippen LogP contribution >= 0.6 is 0 Å². The Labute approximate surface area is 190 Å². The molecule has 0 bridgehead atoms. The van der Waals surface area contributed by atoms with Crippen molar-refractivity contribution in [3.05, 3.63) is 4.85 Å². The summed E-state index contributed by atoms with van der Waals surface area (Å²) < 4.78 is 0. The summed E-state index contributed by atoms with van der Waals surface area (Å²) >= 11 is 14.5. The summed E-state index contributed by atoms with van der Waals surface area (Å²) in [6.45, 7) is 8.67. The normalized spacial score (nSPS) is 9.81. The van der Waals surface area contributed by atoms with Crippen molar-refractivity contribution >= 4 is 43.9 Å². The molecule has 0 fully saturated rings. The van der Waals surface area contributed by atoms with Crippen LogP contribution in [0.15, 0.2) is 0 Å². The number of carbonyl (C=O) groups is 1. The Balaban J connectivity index is -0.000000422. The molecule has 0 aliphatic rings. The zero-order valence-corrected chi connectivity index (χ0v) is 20.0. The van der Waals surface area contributed by atoms with Crippen LogP contribution in [-0.4, -0.2) is 54.3 Å². The summed E-state index contributed by atoms with van der Waals surface area (Å²) in [4.78, 5) is 15.9. The van der Waals surface area contributed by atoms with Gasteiger partial charge in [0, 0.05) is 32.5 Å². The molecule has 8 heteroatoms. The number of hydrogen-bond acceptors (Lipinski definition) is 6. The summed E-state index contributed by atoms with van der Waals surface area (Å²) in [6, 6.07) is 0. The minimum atomic E-state index is -0.930. The van der Waals surface area contributed by atoms with Crippen molar-refractivity contribution in [2.75, 3.05) is 43.4 Å². The van der Waals surface area contributed by atoms with Crippen LogP contribution in [0.25, 0.3) is 4.85 Å². The third kappa shape index (κ3) is 29.4. The van der Waals surface area contributed by atoms with Crippen LogP contribution in [-0.2, 0) is 62.8 Å². The van der Waals surface area contributed by atoms with E-state index in [1.54, 1.807) is 0 Å². The summed E-state index contributed by atoms with van der Waals surface area (Å²) in [5, 5.41) is 10.1. The monoisotopic (exact) mass is 504 g/mol. The Morgan fingerprint density at radius 3 is 1.54 bits per heavy atom. The van der Waals surface area contributed by atoms with Gasteiger partial charge >= 0.3 is 0 Å². The number of carboxylic acid groups (broad SMARTS) is 1. The first-order chi connectivity index (χ1) is 12.1. The number of aliphatic carboxylic acids is 1. The maximum absolute atomic E-state index is 10.1. The number of carbonyl (C=O) groups excluding carboxylic acids is 1.